The number of rotatable bonds is 4. The number of aliphatic carboxylic acids is 1. The molecule has 114 valence electrons. The monoisotopic (exact) mass is 308 g/mol. The minimum Gasteiger partial charge on any atom is -0.481 e. The number of urea groups is 1. The van der Waals surface area contributed by atoms with Gasteiger partial charge in [0.25, 0.3) is 0 Å². The van der Waals surface area contributed by atoms with E-state index in [0.717, 1.165) is 12.0 Å². The minimum absolute atomic E-state index is 0.104. The standard InChI is InChI=1S/C10H16N2O7S/c1-19-9(15)5-11-10(16)12-2-3-20(17,18)6-7(12)4-8(13)14/h7H,2-6H2,1H3,(H,11,16)(H,13,14). The number of esters is 1. The molecule has 0 saturated carbocycles. The quantitative estimate of drug-likeness (QED) is 0.601. The van der Waals surface area contributed by atoms with Gasteiger partial charge in [0.15, 0.2) is 9.84 Å². The van der Waals surface area contributed by atoms with E-state index in [-0.39, 0.29) is 18.8 Å². The zero-order valence-electron chi connectivity index (χ0n) is 10.9. The van der Waals surface area contributed by atoms with E-state index in [2.05, 4.69) is 10.1 Å². The zero-order valence-corrected chi connectivity index (χ0v) is 11.7. The molecule has 0 aromatic rings. The molecule has 1 saturated heterocycles. The van der Waals surface area contributed by atoms with Gasteiger partial charge in [0.05, 0.1) is 31.1 Å². The van der Waals surface area contributed by atoms with Gasteiger partial charge in [-0.05, 0) is 0 Å². The van der Waals surface area contributed by atoms with Crippen LogP contribution in [0.5, 0.6) is 0 Å². The summed E-state index contributed by atoms with van der Waals surface area (Å²) >= 11 is 0. The van der Waals surface area contributed by atoms with Gasteiger partial charge in [-0.3, -0.25) is 9.59 Å². The van der Waals surface area contributed by atoms with Crippen LogP contribution in [0.4, 0.5) is 4.79 Å². The Hall–Kier alpha value is -1.84. The average Bonchev–Trinajstić information content (AvgIpc) is 2.33. The van der Waals surface area contributed by atoms with Crippen LogP contribution in [0.15, 0.2) is 0 Å². The topological polar surface area (TPSA) is 130 Å². The maximum Gasteiger partial charge on any atom is 0.325 e. The minimum atomic E-state index is -3.36. The van der Waals surface area contributed by atoms with E-state index in [1.807, 2.05) is 0 Å². The first kappa shape index (κ1) is 16.2. The van der Waals surface area contributed by atoms with Crippen LogP contribution >= 0.6 is 0 Å². The number of nitrogens with one attached hydrogen (secondary N) is 1. The third kappa shape index (κ3) is 4.68. The fourth-order valence-corrected chi connectivity index (χ4v) is 3.37. The van der Waals surface area contributed by atoms with Crippen LogP contribution in [0, 0.1) is 0 Å². The van der Waals surface area contributed by atoms with Crippen LogP contribution in [0.1, 0.15) is 6.42 Å². The van der Waals surface area contributed by atoms with Gasteiger partial charge in [0, 0.05) is 6.54 Å². The van der Waals surface area contributed by atoms with Crippen molar-refractivity contribution in [3.8, 4) is 0 Å². The second-order valence-electron chi connectivity index (χ2n) is 4.29. The number of carbonyl (C=O) groups is 3. The number of carbonyl (C=O) groups excluding carboxylic acids is 2. The molecule has 1 unspecified atom stereocenters. The molecule has 20 heavy (non-hydrogen) atoms. The van der Waals surface area contributed by atoms with Crippen LogP contribution in [0.2, 0.25) is 0 Å². The Bertz CT molecular complexity index is 502. The van der Waals surface area contributed by atoms with Crippen molar-refractivity contribution in [3.05, 3.63) is 0 Å². The molecule has 0 spiro atoms. The SMILES string of the molecule is COC(=O)CNC(=O)N1CCS(=O)(=O)CC1CC(=O)O. The molecule has 1 fully saturated rings. The van der Waals surface area contributed by atoms with Crippen LogP contribution in [0.3, 0.4) is 0 Å². The molecule has 9 nitrogen and oxygen atoms in total. The molecule has 0 radical (unpaired) electrons. The van der Waals surface area contributed by atoms with Gasteiger partial charge < -0.3 is 20.1 Å². The lowest BCUT2D eigenvalue weighted by atomic mass is 10.2. The molecule has 0 aromatic heterocycles. The number of methoxy groups -OCH3 is 1. The summed E-state index contributed by atoms with van der Waals surface area (Å²) in [7, 11) is -2.19. The molecule has 1 rings (SSSR count). The van der Waals surface area contributed by atoms with E-state index in [9.17, 15) is 22.8 Å². The Labute approximate surface area is 115 Å². The number of ether oxygens (including phenoxy) is 1. The van der Waals surface area contributed by atoms with Crippen molar-refractivity contribution in [1.29, 1.82) is 0 Å². The fourth-order valence-electron chi connectivity index (χ4n) is 1.85. The van der Waals surface area contributed by atoms with Gasteiger partial charge in [0.1, 0.15) is 6.54 Å². The zero-order chi connectivity index (χ0) is 15.3. The summed E-state index contributed by atoms with van der Waals surface area (Å²) in [6.07, 6.45) is -0.467. The molecule has 2 amide bonds. The lowest BCUT2D eigenvalue weighted by molar-refractivity contribution is -0.140. The van der Waals surface area contributed by atoms with Crippen LogP contribution in [-0.4, -0.2) is 74.1 Å². The molecule has 0 aromatic carbocycles. The average molecular weight is 308 g/mol. The molecule has 0 aliphatic carbocycles. The first-order valence-corrected chi connectivity index (χ1v) is 7.61. The summed E-state index contributed by atoms with van der Waals surface area (Å²) in [5.41, 5.74) is 0. The van der Waals surface area contributed by atoms with E-state index in [1.54, 1.807) is 0 Å². The van der Waals surface area contributed by atoms with E-state index >= 15 is 0 Å². The predicted molar refractivity (Wildman–Crippen MR) is 66.8 cm³/mol. The van der Waals surface area contributed by atoms with E-state index in [0.29, 0.717) is 0 Å². The number of sulfone groups is 1. The van der Waals surface area contributed by atoms with Crippen LogP contribution in [0.25, 0.3) is 0 Å². The molecule has 0 bridgehead atoms. The van der Waals surface area contributed by atoms with Gasteiger partial charge in [0.2, 0.25) is 0 Å². The third-order valence-corrected chi connectivity index (χ3v) is 4.51. The summed E-state index contributed by atoms with van der Waals surface area (Å²) in [4.78, 5) is 34.6. The molecule has 10 heteroatoms. The second-order valence-corrected chi connectivity index (χ2v) is 6.52. The van der Waals surface area contributed by atoms with Crippen molar-refractivity contribution in [2.45, 2.75) is 12.5 Å². The lowest BCUT2D eigenvalue weighted by Gasteiger charge is -2.34. The van der Waals surface area contributed by atoms with Gasteiger partial charge in [-0.15, -0.1) is 0 Å². The molecule has 1 atom stereocenters. The summed E-state index contributed by atoms with van der Waals surface area (Å²) in [6, 6.07) is -1.62. The van der Waals surface area contributed by atoms with Crippen LogP contribution < -0.4 is 5.32 Å². The molecular formula is C10H16N2O7S. The number of amides is 2. The fraction of sp³-hybridized carbons (Fsp3) is 0.700. The maximum absolute atomic E-state index is 11.8. The predicted octanol–water partition coefficient (Wildman–Crippen LogP) is -1.56. The maximum atomic E-state index is 11.8. The summed E-state index contributed by atoms with van der Waals surface area (Å²) < 4.78 is 27.3. The third-order valence-electron chi connectivity index (χ3n) is 2.81. The largest absolute Gasteiger partial charge is 0.481 e. The molecular weight excluding hydrogens is 292 g/mol. The van der Waals surface area contributed by atoms with Crippen molar-refractivity contribution in [2.75, 3.05) is 31.7 Å². The number of carboxylic acid groups (broad SMARTS) is 1. The molecule has 1 heterocycles. The Morgan fingerprint density at radius 1 is 1.40 bits per heavy atom. The van der Waals surface area contributed by atoms with Crippen molar-refractivity contribution in [2.24, 2.45) is 0 Å². The Kier molecular flexibility index (Phi) is 5.31. The van der Waals surface area contributed by atoms with Crippen molar-refractivity contribution in [1.82, 2.24) is 10.2 Å². The number of hydrogen-bond acceptors (Lipinski definition) is 6. The van der Waals surface area contributed by atoms with Crippen molar-refractivity contribution < 1.29 is 32.6 Å². The normalized spacial score (nSPS) is 21.1. The Morgan fingerprint density at radius 3 is 2.60 bits per heavy atom. The molecule has 1 aliphatic rings. The van der Waals surface area contributed by atoms with Crippen LogP contribution in [-0.2, 0) is 24.2 Å². The number of carboxylic acids is 1. The van der Waals surface area contributed by atoms with Gasteiger partial charge >= 0.3 is 18.0 Å². The van der Waals surface area contributed by atoms with E-state index < -0.39 is 46.0 Å². The summed E-state index contributed by atoms with van der Waals surface area (Å²) in [5.74, 6) is -2.48. The summed E-state index contributed by atoms with van der Waals surface area (Å²) in [6.45, 7) is -0.467. The van der Waals surface area contributed by atoms with Gasteiger partial charge in [-0.25, -0.2) is 13.2 Å². The molecule has 2 N–H and O–H groups in total. The highest BCUT2D eigenvalue weighted by atomic mass is 32.2. The smallest absolute Gasteiger partial charge is 0.325 e. The highest BCUT2D eigenvalue weighted by Crippen LogP contribution is 2.15. The van der Waals surface area contributed by atoms with Gasteiger partial charge in [-0.1, -0.05) is 0 Å². The van der Waals surface area contributed by atoms with Gasteiger partial charge in [-0.2, -0.15) is 0 Å². The highest BCUT2D eigenvalue weighted by Gasteiger charge is 2.35. The number of nitrogens with zero attached hydrogens (tertiary/aromatic N) is 1. The summed E-state index contributed by atoms with van der Waals surface area (Å²) in [5, 5.41) is 11.0. The van der Waals surface area contributed by atoms with Crippen molar-refractivity contribution in [3.63, 3.8) is 0 Å². The highest BCUT2D eigenvalue weighted by molar-refractivity contribution is 7.91. The van der Waals surface area contributed by atoms with Crippen molar-refractivity contribution >= 4 is 27.8 Å². The Morgan fingerprint density at radius 2 is 2.05 bits per heavy atom. The number of hydrogen-bond donors (Lipinski definition) is 2. The molecule has 1 aliphatic heterocycles. The van der Waals surface area contributed by atoms with E-state index in [1.165, 1.54) is 0 Å². The van der Waals surface area contributed by atoms with E-state index in [4.69, 9.17) is 5.11 Å². The lowest BCUT2D eigenvalue weighted by Crippen LogP contribution is -2.55. The Balaban J connectivity index is 2.71. The first-order chi connectivity index (χ1) is 9.25. The second kappa shape index (κ2) is 6.55. The first-order valence-electron chi connectivity index (χ1n) is 5.78.